The molecule has 0 spiro atoms. The Kier molecular flexibility index (Phi) is 5.25. The number of fused-ring (bicyclic) bond motifs is 1. The second-order valence-corrected chi connectivity index (χ2v) is 8.36. The molecule has 1 N–H and O–H groups in total. The lowest BCUT2D eigenvalue weighted by Crippen LogP contribution is -2.33. The average molecular weight is 379 g/mol. The van der Waals surface area contributed by atoms with Gasteiger partial charge in [-0.25, -0.2) is 0 Å². The Morgan fingerprint density at radius 3 is 2.79 bits per heavy atom. The van der Waals surface area contributed by atoms with Crippen molar-refractivity contribution < 1.29 is 4.79 Å². The van der Waals surface area contributed by atoms with Gasteiger partial charge < -0.3 is 10.2 Å². The Morgan fingerprint density at radius 1 is 1.33 bits per heavy atom. The molecule has 0 saturated heterocycles. The molecular formula is C18H19ClN2OS2. The number of thiophene rings is 2. The number of rotatable bonds is 5. The van der Waals surface area contributed by atoms with Gasteiger partial charge in [0, 0.05) is 21.5 Å². The molecule has 0 bridgehead atoms. The summed E-state index contributed by atoms with van der Waals surface area (Å²) in [5.41, 5.74) is 1.16. The minimum Gasteiger partial charge on any atom is -0.349 e. The molecule has 1 amide bonds. The number of hydrogen-bond donors (Lipinski definition) is 1. The maximum absolute atomic E-state index is 12.6. The number of carbonyl (C=O) groups is 1. The second kappa shape index (κ2) is 7.23. The van der Waals surface area contributed by atoms with Crippen molar-refractivity contribution in [3.05, 3.63) is 56.1 Å². The third kappa shape index (κ3) is 3.49. The van der Waals surface area contributed by atoms with Crippen molar-refractivity contribution in [3.63, 3.8) is 0 Å². The van der Waals surface area contributed by atoms with E-state index in [1.807, 2.05) is 39.2 Å². The van der Waals surface area contributed by atoms with Crippen molar-refractivity contribution in [2.24, 2.45) is 0 Å². The molecule has 0 saturated carbocycles. The zero-order valence-corrected chi connectivity index (χ0v) is 16.2. The van der Waals surface area contributed by atoms with E-state index in [-0.39, 0.29) is 11.9 Å². The highest BCUT2D eigenvalue weighted by Crippen LogP contribution is 2.35. The topological polar surface area (TPSA) is 32.3 Å². The van der Waals surface area contributed by atoms with Crippen LogP contribution < -0.4 is 5.32 Å². The fourth-order valence-electron chi connectivity index (χ4n) is 2.61. The van der Waals surface area contributed by atoms with Gasteiger partial charge in [0.2, 0.25) is 0 Å². The summed E-state index contributed by atoms with van der Waals surface area (Å²) in [6.07, 6.45) is 0. The molecule has 2 aromatic heterocycles. The van der Waals surface area contributed by atoms with Gasteiger partial charge in [-0.05, 0) is 44.1 Å². The smallest absolute Gasteiger partial charge is 0.262 e. The average Bonchev–Trinajstić information content (AvgIpc) is 3.15. The summed E-state index contributed by atoms with van der Waals surface area (Å²) in [5, 5.41) is 6.58. The van der Waals surface area contributed by atoms with Gasteiger partial charge in [0.25, 0.3) is 5.91 Å². The predicted octanol–water partition coefficient (Wildman–Crippen LogP) is 4.96. The van der Waals surface area contributed by atoms with E-state index in [0.717, 1.165) is 15.6 Å². The molecule has 126 valence electrons. The minimum atomic E-state index is -0.109. The van der Waals surface area contributed by atoms with Crippen molar-refractivity contribution in [1.29, 1.82) is 0 Å². The van der Waals surface area contributed by atoms with Crippen molar-refractivity contribution in [2.45, 2.75) is 13.0 Å². The third-order valence-corrected chi connectivity index (χ3v) is 6.57. The van der Waals surface area contributed by atoms with Crippen LogP contribution in [0.1, 0.15) is 26.2 Å². The van der Waals surface area contributed by atoms with Crippen molar-refractivity contribution in [3.8, 4) is 0 Å². The van der Waals surface area contributed by atoms with E-state index in [1.165, 1.54) is 16.2 Å². The molecule has 3 nitrogen and oxygen atoms in total. The van der Waals surface area contributed by atoms with Crippen LogP contribution in [0.25, 0.3) is 10.1 Å². The number of hydrogen-bond acceptors (Lipinski definition) is 4. The number of amides is 1. The van der Waals surface area contributed by atoms with Gasteiger partial charge in [-0.1, -0.05) is 29.8 Å². The fraction of sp³-hybridized carbons (Fsp3) is 0.278. The summed E-state index contributed by atoms with van der Waals surface area (Å²) in [5.74, 6) is -0.109. The standard InChI is InChI=1S/C18H19ClN2OS2/c1-11-6-7-12-15(9-11)24-17(16(12)19)18(22)20-10-13(21(2)3)14-5-4-8-23-14/h4-9,13H,10H2,1-3H3,(H,20,22)/t13-/m1/s1. The van der Waals surface area contributed by atoms with Crippen molar-refractivity contribution in [2.75, 3.05) is 20.6 Å². The highest BCUT2D eigenvalue weighted by Gasteiger charge is 2.20. The van der Waals surface area contributed by atoms with Gasteiger partial charge in [0.15, 0.2) is 0 Å². The van der Waals surface area contributed by atoms with Crippen LogP contribution >= 0.6 is 34.3 Å². The summed E-state index contributed by atoms with van der Waals surface area (Å²) in [6.45, 7) is 2.59. The Morgan fingerprint density at radius 2 is 2.12 bits per heavy atom. The zero-order valence-electron chi connectivity index (χ0n) is 13.8. The summed E-state index contributed by atoms with van der Waals surface area (Å²) in [4.78, 5) is 16.5. The van der Waals surface area contributed by atoms with Crippen LogP contribution in [-0.2, 0) is 0 Å². The highest BCUT2D eigenvalue weighted by atomic mass is 35.5. The van der Waals surface area contributed by atoms with Crippen LogP contribution in [0.4, 0.5) is 0 Å². The first-order valence-electron chi connectivity index (χ1n) is 7.64. The number of carbonyl (C=O) groups excluding carboxylic acids is 1. The Bertz CT molecular complexity index is 855. The molecular weight excluding hydrogens is 360 g/mol. The van der Waals surface area contributed by atoms with E-state index >= 15 is 0 Å². The molecule has 3 aromatic rings. The normalized spacial score (nSPS) is 12.7. The SMILES string of the molecule is Cc1ccc2c(Cl)c(C(=O)NC[C@H](c3cccs3)N(C)C)sc2c1. The highest BCUT2D eigenvalue weighted by molar-refractivity contribution is 7.21. The number of nitrogens with zero attached hydrogens (tertiary/aromatic N) is 1. The summed E-state index contributed by atoms with van der Waals surface area (Å²) >= 11 is 9.57. The number of aryl methyl sites for hydroxylation is 1. The first-order chi connectivity index (χ1) is 11.5. The quantitative estimate of drug-likeness (QED) is 0.680. The third-order valence-electron chi connectivity index (χ3n) is 3.94. The maximum Gasteiger partial charge on any atom is 0.262 e. The minimum absolute atomic E-state index is 0.109. The van der Waals surface area contributed by atoms with Gasteiger partial charge >= 0.3 is 0 Å². The molecule has 3 rings (SSSR count). The van der Waals surface area contributed by atoms with E-state index in [1.54, 1.807) is 11.3 Å². The molecule has 0 fully saturated rings. The van der Waals surface area contributed by atoms with Crippen LogP contribution in [0.15, 0.2) is 35.7 Å². The summed E-state index contributed by atoms with van der Waals surface area (Å²) < 4.78 is 1.05. The molecule has 1 atom stereocenters. The molecule has 6 heteroatoms. The molecule has 24 heavy (non-hydrogen) atoms. The molecule has 0 unspecified atom stereocenters. The van der Waals surface area contributed by atoms with Crippen LogP contribution in [0.2, 0.25) is 5.02 Å². The fourth-order valence-corrected chi connectivity index (χ4v) is 5.06. The Hall–Kier alpha value is -1.40. The maximum atomic E-state index is 12.6. The van der Waals surface area contributed by atoms with Gasteiger partial charge in [0.1, 0.15) is 4.88 Å². The van der Waals surface area contributed by atoms with E-state index in [4.69, 9.17) is 11.6 Å². The lowest BCUT2D eigenvalue weighted by molar-refractivity contribution is 0.0946. The first kappa shape index (κ1) is 17.4. The number of halogens is 1. The molecule has 2 heterocycles. The number of likely N-dealkylation sites (N-methyl/N-ethyl adjacent to an activating group) is 1. The molecule has 0 radical (unpaired) electrons. The summed E-state index contributed by atoms with van der Waals surface area (Å²) in [6, 6.07) is 10.3. The van der Waals surface area contributed by atoms with Crippen LogP contribution in [0.5, 0.6) is 0 Å². The molecule has 0 aliphatic carbocycles. The lowest BCUT2D eigenvalue weighted by Gasteiger charge is -2.23. The van der Waals surface area contributed by atoms with Gasteiger partial charge in [0.05, 0.1) is 11.1 Å². The lowest BCUT2D eigenvalue weighted by atomic mass is 10.2. The predicted molar refractivity (Wildman–Crippen MR) is 105 cm³/mol. The zero-order chi connectivity index (χ0) is 17.3. The number of benzene rings is 1. The molecule has 0 aliphatic heterocycles. The Labute approximate surface area is 154 Å². The van der Waals surface area contributed by atoms with E-state index < -0.39 is 0 Å². The van der Waals surface area contributed by atoms with Gasteiger partial charge in [-0.2, -0.15) is 0 Å². The van der Waals surface area contributed by atoms with Crippen LogP contribution in [-0.4, -0.2) is 31.4 Å². The monoisotopic (exact) mass is 378 g/mol. The second-order valence-electron chi connectivity index (χ2n) is 5.95. The molecule has 0 aliphatic rings. The van der Waals surface area contributed by atoms with E-state index in [9.17, 15) is 4.79 Å². The van der Waals surface area contributed by atoms with Crippen molar-refractivity contribution in [1.82, 2.24) is 10.2 Å². The van der Waals surface area contributed by atoms with Crippen LogP contribution in [0, 0.1) is 6.92 Å². The van der Waals surface area contributed by atoms with Crippen LogP contribution in [0.3, 0.4) is 0 Å². The molecule has 1 aromatic carbocycles. The van der Waals surface area contributed by atoms with Crippen molar-refractivity contribution >= 4 is 50.3 Å². The van der Waals surface area contributed by atoms with E-state index in [2.05, 4.69) is 27.7 Å². The largest absolute Gasteiger partial charge is 0.349 e. The first-order valence-corrected chi connectivity index (χ1v) is 9.71. The van der Waals surface area contributed by atoms with Gasteiger partial charge in [-0.15, -0.1) is 22.7 Å². The Balaban J connectivity index is 1.78. The van der Waals surface area contributed by atoms with Gasteiger partial charge in [-0.3, -0.25) is 4.79 Å². The number of nitrogens with one attached hydrogen (secondary N) is 1. The van der Waals surface area contributed by atoms with E-state index in [0.29, 0.717) is 16.4 Å². The summed E-state index contributed by atoms with van der Waals surface area (Å²) in [7, 11) is 4.04.